The third kappa shape index (κ3) is 2.94. The van der Waals surface area contributed by atoms with Crippen LogP contribution in [0.15, 0.2) is 48.5 Å². The molecule has 0 unspecified atom stereocenters. The molecule has 6 nitrogen and oxygen atoms in total. The summed E-state index contributed by atoms with van der Waals surface area (Å²) in [6.45, 7) is 0.472. The maximum Gasteiger partial charge on any atom is 0.239 e. The van der Waals surface area contributed by atoms with E-state index >= 15 is 0 Å². The van der Waals surface area contributed by atoms with Gasteiger partial charge in [0.1, 0.15) is 12.4 Å². The molecule has 3 rings (SSSR count). The van der Waals surface area contributed by atoms with Crippen molar-refractivity contribution in [1.82, 2.24) is 15.2 Å². The highest BCUT2D eigenvalue weighted by atomic mass is 16.5. The highest BCUT2D eigenvalue weighted by Crippen LogP contribution is 2.27. The van der Waals surface area contributed by atoms with E-state index in [1.54, 1.807) is 6.07 Å². The molecule has 0 spiro atoms. The molecule has 2 aromatic carbocycles. The van der Waals surface area contributed by atoms with Crippen LogP contribution in [0.5, 0.6) is 5.75 Å². The molecule has 1 aromatic heterocycles. The van der Waals surface area contributed by atoms with E-state index in [1.165, 1.54) is 0 Å². The normalized spacial score (nSPS) is 10.5. The standard InChI is InChI=1S/C15H15N5O/c16-12-8-11(14-18-15(17)20-19-14)6-7-13(12)21-9-10-4-2-1-3-5-10/h1-8H,9,16H2,(H3,17,18,19,20). The van der Waals surface area contributed by atoms with Gasteiger partial charge >= 0.3 is 0 Å². The molecule has 0 aliphatic heterocycles. The van der Waals surface area contributed by atoms with E-state index in [0.29, 0.717) is 23.9 Å². The summed E-state index contributed by atoms with van der Waals surface area (Å²) in [5.74, 6) is 1.41. The predicted octanol–water partition coefficient (Wildman–Crippen LogP) is 2.22. The van der Waals surface area contributed by atoms with Crippen LogP contribution in [-0.4, -0.2) is 15.2 Å². The Morgan fingerprint density at radius 2 is 1.86 bits per heavy atom. The fourth-order valence-electron chi connectivity index (χ4n) is 1.97. The molecule has 106 valence electrons. The van der Waals surface area contributed by atoms with Crippen LogP contribution < -0.4 is 16.2 Å². The number of hydrogen-bond donors (Lipinski definition) is 3. The highest BCUT2D eigenvalue weighted by Gasteiger charge is 2.07. The molecule has 1 heterocycles. The molecule has 0 aliphatic rings. The van der Waals surface area contributed by atoms with Gasteiger partial charge in [-0.3, -0.25) is 5.10 Å². The van der Waals surface area contributed by atoms with Crippen LogP contribution >= 0.6 is 0 Å². The van der Waals surface area contributed by atoms with E-state index in [0.717, 1.165) is 11.1 Å². The van der Waals surface area contributed by atoms with Gasteiger partial charge in [-0.05, 0) is 23.8 Å². The van der Waals surface area contributed by atoms with Crippen LogP contribution in [0.2, 0.25) is 0 Å². The monoisotopic (exact) mass is 281 g/mol. The van der Waals surface area contributed by atoms with Gasteiger partial charge < -0.3 is 16.2 Å². The molecule has 5 N–H and O–H groups in total. The molecule has 0 bridgehead atoms. The number of rotatable bonds is 4. The molecule has 21 heavy (non-hydrogen) atoms. The maximum absolute atomic E-state index is 6.01. The number of nitrogens with two attached hydrogens (primary N) is 2. The average Bonchev–Trinajstić information content (AvgIpc) is 2.93. The minimum absolute atomic E-state index is 0.202. The summed E-state index contributed by atoms with van der Waals surface area (Å²) < 4.78 is 5.72. The van der Waals surface area contributed by atoms with Gasteiger partial charge in [0, 0.05) is 5.56 Å². The zero-order chi connectivity index (χ0) is 14.7. The Kier molecular flexibility index (Phi) is 3.42. The van der Waals surface area contributed by atoms with Gasteiger partial charge in [-0.1, -0.05) is 30.3 Å². The van der Waals surface area contributed by atoms with Crippen molar-refractivity contribution >= 4 is 11.6 Å². The third-order valence-electron chi connectivity index (χ3n) is 3.02. The summed E-state index contributed by atoms with van der Waals surface area (Å²) >= 11 is 0. The van der Waals surface area contributed by atoms with Crippen molar-refractivity contribution in [2.75, 3.05) is 11.5 Å². The first-order valence-electron chi connectivity index (χ1n) is 6.47. The van der Waals surface area contributed by atoms with Gasteiger partial charge in [0.25, 0.3) is 0 Å². The van der Waals surface area contributed by atoms with Crippen LogP contribution in [-0.2, 0) is 6.61 Å². The molecular formula is C15H15N5O. The van der Waals surface area contributed by atoms with Crippen molar-refractivity contribution in [3.05, 3.63) is 54.1 Å². The third-order valence-corrected chi connectivity index (χ3v) is 3.02. The first-order chi connectivity index (χ1) is 10.2. The quantitative estimate of drug-likeness (QED) is 0.636. The summed E-state index contributed by atoms with van der Waals surface area (Å²) in [5, 5.41) is 6.53. The number of nitrogen functional groups attached to an aromatic ring is 2. The second-order valence-corrected chi connectivity index (χ2v) is 4.57. The minimum atomic E-state index is 0.202. The lowest BCUT2D eigenvalue weighted by molar-refractivity contribution is 0.308. The van der Waals surface area contributed by atoms with Gasteiger partial charge in [-0.2, -0.15) is 4.98 Å². The Morgan fingerprint density at radius 1 is 1.05 bits per heavy atom. The Labute approximate surface area is 121 Å². The van der Waals surface area contributed by atoms with E-state index in [2.05, 4.69) is 15.2 Å². The molecular weight excluding hydrogens is 266 g/mol. The lowest BCUT2D eigenvalue weighted by Gasteiger charge is -2.09. The van der Waals surface area contributed by atoms with Crippen molar-refractivity contribution in [2.45, 2.75) is 6.61 Å². The molecule has 0 radical (unpaired) electrons. The van der Waals surface area contributed by atoms with E-state index in [-0.39, 0.29) is 5.95 Å². The second-order valence-electron chi connectivity index (χ2n) is 4.57. The van der Waals surface area contributed by atoms with Crippen LogP contribution in [0.1, 0.15) is 5.56 Å². The van der Waals surface area contributed by atoms with E-state index < -0.39 is 0 Å². The Bertz CT molecular complexity index is 739. The van der Waals surface area contributed by atoms with Crippen molar-refractivity contribution in [3.63, 3.8) is 0 Å². The van der Waals surface area contributed by atoms with Gasteiger partial charge in [0.15, 0.2) is 5.82 Å². The smallest absolute Gasteiger partial charge is 0.239 e. The predicted molar refractivity (Wildman–Crippen MR) is 81.4 cm³/mol. The summed E-state index contributed by atoms with van der Waals surface area (Å²) in [6, 6.07) is 15.4. The summed E-state index contributed by atoms with van der Waals surface area (Å²) in [7, 11) is 0. The molecule has 0 fully saturated rings. The number of H-pyrrole nitrogens is 1. The zero-order valence-electron chi connectivity index (χ0n) is 11.3. The molecule has 0 amide bonds. The van der Waals surface area contributed by atoms with E-state index in [1.807, 2.05) is 42.5 Å². The fraction of sp³-hybridized carbons (Fsp3) is 0.0667. The molecule has 0 aliphatic carbocycles. The molecule has 3 aromatic rings. The number of anilines is 2. The number of ether oxygens (including phenoxy) is 1. The summed E-state index contributed by atoms with van der Waals surface area (Å²) in [6.07, 6.45) is 0. The first-order valence-corrected chi connectivity index (χ1v) is 6.47. The van der Waals surface area contributed by atoms with Gasteiger partial charge in [-0.25, -0.2) is 0 Å². The van der Waals surface area contributed by atoms with Crippen LogP contribution in [0.25, 0.3) is 11.4 Å². The van der Waals surface area contributed by atoms with Gasteiger partial charge in [0.2, 0.25) is 5.95 Å². The summed E-state index contributed by atoms with van der Waals surface area (Å²) in [5.41, 5.74) is 13.9. The second kappa shape index (κ2) is 5.54. The molecule has 6 heteroatoms. The SMILES string of the molecule is Nc1n[nH]c(-c2ccc(OCc3ccccc3)c(N)c2)n1. The van der Waals surface area contributed by atoms with E-state index in [9.17, 15) is 0 Å². The first kappa shape index (κ1) is 13.0. The van der Waals surface area contributed by atoms with Crippen molar-refractivity contribution in [2.24, 2.45) is 0 Å². The lowest BCUT2D eigenvalue weighted by atomic mass is 10.2. The zero-order valence-corrected chi connectivity index (χ0v) is 11.3. The average molecular weight is 281 g/mol. The highest BCUT2D eigenvalue weighted by molar-refractivity contribution is 5.66. The lowest BCUT2D eigenvalue weighted by Crippen LogP contribution is -1.99. The number of benzene rings is 2. The summed E-state index contributed by atoms with van der Waals surface area (Å²) in [4.78, 5) is 4.06. The number of aromatic nitrogens is 3. The molecule has 0 saturated heterocycles. The Hall–Kier alpha value is -3.02. The Morgan fingerprint density at radius 3 is 2.52 bits per heavy atom. The number of aromatic amines is 1. The van der Waals surface area contributed by atoms with Crippen LogP contribution in [0.3, 0.4) is 0 Å². The van der Waals surface area contributed by atoms with Crippen molar-refractivity contribution in [1.29, 1.82) is 0 Å². The van der Waals surface area contributed by atoms with Crippen molar-refractivity contribution < 1.29 is 4.74 Å². The minimum Gasteiger partial charge on any atom is -0.487 e. The van der Waals surface area contributed by atoms with Crippen LogP contribution in [0, 0.1) is 0 Å². The largest absolute Gasteiger partial charge is 0.487 e. The maximum atomic E-state index is 6.01. The topological polar surface area (TPSA) is 103 Å². The molecule has 0 saturated carbocycles. The molecule has 0 atom stereocenters. The van der Waals surface area contributed by atoms with Gasteiger partial charge in [0.05, 0.1) is 5.69 Å². The van der Waals surface area contributed by atoms with Crippen LogP contribution in [0.4, 0.5) is 11.6 Å². The number of hydrogen-bond acceptors (Lipinski definition) is 5. The Balaban J connectivity index is 1.75. The van der Waals surface area contributed by atoms with Crippen molar-refractivity contribution in [3.8, 4) is 17.1 Å². The number of nitrogens with zero attached hydrogens (tertiary/aromatic N) is 2. The fourth-order valence-corrected chi connectivity index (χ4v) is 1.97. The van der Waals surface area contributed by atoms with Gasteiger partial charge in [-0.15, -0.1) is 5.10 Å². The number of nitrogens with one attached hydrogen (secondary N) is 1. The van der Waals surface area contributed by atoms with E-state index in [4.69, 9.17) is 16.2 Å².